The van der Waals surface area contributed by atoms with Crippen LogP contribution in [0.4, 0.5) is 0 Å². The summed E-state index contributed by atoms with van der Waals surface area (Å²) >= 11 is 0. The lowest BCUT2D eigenvalue weighted by Gasteiger charge is -2.23. The van der Waals surface area contributed by atoms with Gasteiger partial charge < -0.3 is 18.9 Å². The number of aromatic nitrogens is 3. The van der Waals surface area contributed by atoms with Crippen LogP contribution in [0.25, 0.3) is 0 Å². The normalized spacial score (nSPS) is 11.9. The van der Waals surface area contributed by atoms with Crippen LogP contribution in [0.1, 0.15) is 34.9 Å². The Kier molecular flexibility index (Phi) is 9.78. The molecule has 1 atom stereocenters. The fourth-order valence-electron chi connectivity index (χ4n) is 3.00. The second kappa shape index (κ2) is 13.3. The van der Waals surface area contributed by atoms with E-state index in [0.29, 0.717) is 26.4 Å². The van der Waals surface area contributed by atoms with Gasteiger partial charge in [0, 0.05) is 0 Å². The Balaban J connectivity index is 1.61. The topological polar surface area (TPSA) is 84.7 Å². The van der Waals surface area contributed by atoms with Gasteiger partial charge in [0.25, 0.3) is 5.82 Å². The molecule has 0 radical (unpaired) electrons. The lowest BCUT2D eigenvalue weighted by atomic mass is 10.2. The lowest BCUT2D eigenvalue weighted by Crippen LogP contribution is -2.29. The number of carbonyl (C=O) groups is 1. The first-order valence-corrected chi connectivity index (χ1v) is 10.8. The zero-order chi connectivity index (χ0) is 23.3. The highest BCUT2D eigenvalue weighted by Crippen LogP contribution is 2.14. The van der Waals surface area contributed by atoms with Crippen molar-refractivity contribution >= 4 is 5.97 Å². The van der Waals surface area contributed by atoms with Gasteiger partial charge in [-0.1, -0.05) is 67.2 Å². The Hall–Kier alpha value is -3.33. The van der Waals surface area contributed by atoms with Crippen molar-refractivity contribution in [2.45, 2.75) is 32.5 Å². The molecule has 0 N–H and O–H groups in total. The van der Waals surface area contributed by atoms with E-state index in [0.717, 1.165) is 11.1 Å². The maximum Gasteiger partial charge on any atom is 0.378 e. The van der Waals surface area contributed by atoms with Crippen molar-refractivity contribution in [1.29, 1.82) is 0 Å². The van der Waals surface area contributed by atoms with Crippen LogP contribution in [-0.4, -0.2) is 46.7 Å². The summed E-state index contributed by atoms with van der Waals surface area (Å²) in [5.41, 5.74) is 2.13. The Morgan fingerprint density at radius 3 is 2.09 bits per heavy atom. The van der Waals surface area contributed by atoms with E-state index in [1.807, 2.05) is 60.7 Å². The van der Waals surface area contributed by atoms with Crippen LogP contribution in [-0.2, 0) is 32.2 Å². The fraction of sp³-hybridized carbons (Fsp3) is 0.320. The molecule has 0 bridgehead atoms. The molecular formula is C25H29N3O5. The van der Waals surface area contributed by atoms with Gasteiger partial charge in [-0.3, -0.25) is 0 Å². The van der Waals surface area contributed by atoms with Crippen LogP contribution in [0, 0.1) is 0 Å². The third-order valence-corrected chi connectivity index (χ3v) is 4.59. The summed E-state index contributed by atoms with van der Waals surface area (Å²) in [6, 6.07) is 19.8. The predicted molar refractivity (Wildman–Crippen MR) is 122 cm³/mol. The molecule has 0 aliphatic rings. The van der Waals surface area contributed by atoms with Crippen LogP contribution in [0.3, 0.4) is 0 Å². The molecule has 1 aromatic heterocycles. The predicted octanol–water partition coefficient (Wildman–Crippen LogP) is 3.96. The highest BCUT2D eigenvalue weighted by atomic mass is 16.6. The van der Waals surface area contributed by atoms with Gasteiger partial charge in [-0.25, -0.2) is 14.5 Å². The molecule has 0 spiro atoms. The van der Waals surface area contributed by atoms with Gasteiger partial charge in [0.05, 0.1) is 33.0 Å². The standard InChI is InChI=1S/C25H29N3O5/c1-3-23(28-19-26-24(27-28)25(29)32-4-2)33-22(17-30-15-20-11-7-5-8-12-20)18-31-16-21-13-9-6-10-14-21/h3,5-14,19,22-23H,1,4,15-18H2,2H3/t23-/m0/s1. The number of hydrogen-bond donors (Lipinski definition) is 0. The largest absolute Gasteiger partial charge is 0.460 e. The first-order valence-electron chi connectivity index (χ1n) is 10.8. The van der Waals surface area contributed by atoms with Crippen LogP contribution >= 0.6 is 0 Å². The first kappa shape index (κ1) is 24.3. The summed E-state index contributed by atoms with van der Waals surface area (Å²) in [5, 5.41) is 4.16. The molecule has 8 heteroatoms. The minimum absolute atomic E-state index is 0.0375. The van der Waals surface area contributed by atoms with Gasteiger partial charge in [0.15, 0.2) is 6.23 Å². The van der Waals surface area contributed by atoms with Gasteiger partial charge in [-0.2, -0.15) is 0 Å². The van der Waals surface area contributed by atoms with E-state index in [1.165, 1.54) is 11.0 Å². The second-order valence-corrected chi connectivity index (χ2v) is 7.15. The monoisotopic (exact) mass is 451 g/mol. The summed E-state index contributed by atoms with van der Waals surface area (Å²) in [4.78, 5) is 15.9. The smallest absolute Gasteiger partial charge is 0.378 e. The SMILES string of the molecule is C=C[C@H](OC(COCc1ccccc1)COCc1ccccc1)n1cnc(C(=O)OCC)n1. The molecule has 33 heavy (non-hydrogen) atoms. The minimum atomic E-state index is -0.661. The van der Waals surface area contributed by atoms with Gasteiger partial charge in [-0.15, -0.1) is 5.10 Å². The molecule has 0 saturated carbocycles. The van der Waals surface area contributed by atoms with Crippen molar-refractivity contribution in [2.75, 3.05) is 19.8 Å². The molecule has 174 valence electrons. The Morgan fingerprint density at radius 2 is 1.58 bits per heavy atom. The highest BCUT2D eigenvalue weighted by molar-refractivity contribution is 5.84. The zero-order valence-electron chi connectivity index (χ0n) is 18.7. The number of ether oxygens (including phenoxy) is 4. The van der Waals surface area contributed by atoms with Crippen molar-refractivity contribution in [3.8, 4) is 0 Å². The summed E-state index contributed by atoms with van der Waals surface area (Å²) in [7, 11) is 0. The molecule has 0 aliphatic carbocycles. The second-order valence-electron chi connectivity index (χ2n) is 7.15. The Labute approximate surface area is 193 Å². The summed E-state index contributed by atoms with van der Waals surface area (Å²) in [5.74, 6) is -0.627. The third-order valence-electron chi connectivity index (χ3n) is 4.59. The number of nitrogens with zero attached hydrogens (tertiary/aromatic N) is 3. The molecule has 3 aromatic rings. The molecule has 0 unspecified atom stereocenters. The van der Waals surface area contributed by atoms with Crippen molar-refractivity contribution in [1.82, 2.24) is 14.8 Å². The molecular weight excluding hydrogens is 422 g/mol. The lowest BCUT2D eigenvalue weighted by molar-refractivity contribution is -0.107. The minimum Gasteiger partial charge on any atom is -0.460 e. The van der Waals surface area contributed by atoms with Crippen molar-refractivity contribution in [3.05, 3.63) is 96.6 Å². The molecule has 2 aromatic carbocycles. The molecule has 0 fully saturated rings. The number of benzene rings is 2. The van der Waals surface area contributed by atoms with E-state index < -0.39 is 18.3 Å². The van der Waals surface area contributed by atoms with Crippen molar-refractivity contribution in [2.24, 2.45) is 0 Å². The van der Waals surface area contributed by atoms with E-state index >= 15 is 0 Å². The van der Waals surface area contributed by atoms with Crippen LogP contribution in [0.5, 0.6) is 0 Å². The number of hydrogen-bond acceptors (Lipinski definition) is 7. The number of carbonyl (C=O) groups excluding carboxylic acids is 1. The molecule has 8 nitrogen and oxygen atoms in total. The van der Waals surface area contributed by atoms with Crippen molar-refractivity contribution < 1.29 is 23.7 Å². The molecule has 1 heterocycles. The maximum absolute atomic E-state index is 11.9. The maximum atomic E-state index is 11.9. The quantitative estimate of drug-likeness (QED) is 0.271. The number of esters is 1. The summed E-state index contributed by atoms with van der Waals surface area (Å²) < 4.78 is 24.3. The highest BCUT2D eigenvalue weighted by Gasteiger charge is 2.20. The third kappa shape index (κ3) is 7.94. The van der Waals surface area contributed by atoms with E-state index in [2.05, 4.69) is 16.7 Å². The van der Waals surface area contributed by atoms with Crippen LogP contribution < -0.4 is 0 Å². The molecule has 0 aliphatic heterocycles. The van der Waals surface area contributed by atoms with E-state index in [9.17, 15) is 4.79 Å². The van der Waals surface area contributed by atoms with E-state index in [-0.39, 0.29) is 12.4 Å². The summed E-state index contributed by atoms with van der Waals surface area (Å²) in [6.07, 6.45) is 1.91. The average Bonchev–Trinajstić information content (AvgIpc) is 3.34. The van der Waals surface area contributed by atoms with E-state index in [4.69, 9.17) is 18.9 Å². The van der Waals surface area contributed by atoms with Gasteiger partial charge in [-0.05, 0) is 24.1 Å². The average molecular weight is 452 g/mol. The van der Waals surface area contributed by atoms with Crippen LogP contribution in [0.15, 0.2) is 79.6 Å². The van der Waals surface area contributed by atoms with Gasteiger partial charge >= 0.3 is 5.97 Å². The Morgan fingerprint density at radius 1 is 1.00 bits per heavy atom. The molecule has 0 saturated heterocycles. The van der Waals surface area contributed by atoms with E-state index in [1.54, 1.807) is 13.0 Å². The molecule has 3 rings (SSSR count). The van der Waals surface area contributed by atoms with Crippen LogP contribution in [0.2, 0.25) is 0 Å². The first-order chi connectivity index (χ1) is 16.2. The summed E-state index contributed by atoms with van der Waals surface area (Å²) in [6.45, 7) is 7.30. The Bertz CT molecular complexity index is 932. The van der Waals surface area contributed by atoms with Gasteiger partial charge in [0.2, 0.25) is 0 Å². The fourth-order valence-corrected chi connectivity index (χ4v) is 3.00. The van der Waals surface area contributed by atoms with Gasteiger partial charge in [0.1, 0.15) is 12.4 Å². The number of rotatable bonds is 14. The van der Waals surface area contributed by atoms with Crippen molar-refractivity contribution in [3.63, 3.8) is 0 Å². The zero-order valence-corrected chi connectivity index (χ0v) is 18.7. The molecule has 0 amide bonds.